The number of pyridine rings is 1. The van der Waals surface area contributed by atoms with Crippen LogP contribution < -0.4 is 10.6 Å². The Morgan fingerprint density at radius 1 is 1.25 bits per heavy atom. The van der Waals surface area contributed by atoms with Crippen LogP contribution in [0.1, 0.15) is 23.7 Å². The zero-order valence-electron chi connectivity index (χ0n) is 11.2. The predicted molar refractivity (Wildman–Crippen MR) is 77.4 cm³/mol. The molecule has 0 aliphatic rings. The molecule has 2 rings (SSSR count). The van der Waals surface area contributed by atoms with E-state index in [0.29, 0.717) is 11.4 Å². The Morgan fingerprint density at radius 3 is 2.75 bits per heavy atom. The Kier molecular flexibility index (Phi) is 4.65. The van der Waals surface area contributed by atoms with Crippen LogP contribution in [0.2, 0.25) is 0 Å². The largest absolute Gasteiger partial charge is 0.384 e. The van der Waals surface area contributed by atoms with Crippen molar-refractivity contribution in [2.45, 2.75) is 13.3 Å². The lowest BCUT2D eigenvalue weighted by atomic mass is 10.1. The predicted octanol–water partition coefficient (Wildman–Crippen LogP) is 3.29. The number of hydrogen-bond donors (Lipinski definition) is 2. The maximum atomic E-state index is 12.8. The summed E-state index contributed by atoms with van der Waals surface area (Å²) in [6, 6.07) is 9.92. The Balaban J connectivity index is 2.14. The molecular formula is C15H16FN3O. The van der Waals surface area contributed by atoms with E-state index in [-0.39, 0.29) is 5.91 Å². The molecule has 0 fully saturated rings. The minimum atomic E-state index is -0.437. The summed E-state index contributed by atoms with van der Waals surface area (Å²) in [6.07, 6.45) is 2.03. The highest BCUT2D eigenvalue weighted by Crippen LogP contribution is 2.16. The maximum Gasteiger partial charge on any atom is 0.258 e. The molecule has 0 atom stereocenters. The first-order valence-corrected chi connectivity index (χ1v) is 6.46. The smallest absolute Gasteiger partial charge is 0.258 e. The van der Waals surface area contributed by atoms with Crippen LogP contribution in [0.4, 0.5) is 15.9 Å². The standard InChI is InChI=1S/C15H16FN3O/c1-2-9-17-13-6-4-3-5-12(13)15(20)19-14-8-7-11(16)10-18-14/h3-8,10,17H,2,9H2,1H3,(H,18,19,20). The third-order valence-electron chi connectivity index (χ3n) is 2.71. The van der Waals surface area contributed by atoms with E-state index < -0.39 is 5.82 Å². The van der Waals surface area contributed by atoms with E-state index in [2.05, 4.69) is 22.5 Å². The first-order valence-electron chi connectivity index (χ1n) is 6.46. The molecule has 1 amide bonds. The summed E-state index contributed by atoms with van der Waals surface area (Å²) >= 11 is 0. The van der Waals surface area contributed by atoms with E-state index in [1.807, 2.05) is 12.1 Å². The number of nitrogens with one attached hydrogen (secondary N) is 2. The third kappa shape index (κ3) is 3.54. The quantitative estimate of drug-likeness (QED) is 0.879. The molecule has 2 N–H and O–H groups in total. The van der Waals surface area contributed by atoms with Crippen molar-refractivity contribution in [3.8, 4) is 0 Å². The highest BCUT2D eigenvalue weighted by Gasteiger charge is 2.11. The number of halogens is 1. The van der Waals surface area contributed by atoms with Crippen molar-refractivity contribution in [3.63, 3.8) is 0 Å². The zero-order chi connectivity index (χ0) is 14.4. The number of para-hydroxylation sites is 1. The number of carbonyl (C=O) groups is 1. The van der Waals surface area contributed by atoms with Gasteiger partial charge >= 0.3 is 0 Å². The van der Waals surface area contributed by atoms with E-state index in [9.17, 15) is 9.18 Å². The van der Waals surface area contributed by atoms with Crippen LogP contribution in [0.5, 0.6) is 0 Å². The van der Waals surface area contributed by atoms with Crippen LogP contribution in [0.15, 0.2) is 42.6 Å². The second kappa shape index (κ2) is 6.65. The highest BCUT2D eigenvalue weighted by atomic mass is 19.1. The van der Waals surface area contributed by atoms with Gasteiger partial charge in [0.05, 0.1) is 11.8 Å². The van der Waals surface area contributed by atoms with Gasteiger partial charge in [-0.1, -0.05) is 19.1 Å². The van der Waals surface area contributed by atoms with Crippen molar-refractivity contribution in [2.75, 3.05) is 17.2 Å². The first-order chi connectivity index (χ1) is 9.70. The van der Waals surface area contributed by atoms with Gasteiger partial charge in [0.2, 0.25) is 0 Å². The maximum absolute atomic E-state index is 12.8. The average molecular weight is 273 g/mol. The van der Waals surface area contributed by atoms with Gasteiger partial charge in [-0.3, -0.25) is 4.79 Å². The van der Waals surface area contributed by atoms with Gasteiger partial charge in [-0.25, -0.2) is 9.37 Å². The lowest BCUT2D eigenvalue weighted by Gasteiger charge is -2.11. The van der Waals surface area contributed by atoms with Gasteiger partial charge in [-0.2, -0.15) is 0 Å². The summed E-state index contributed by atoms with van der Waals surface area (Å²) in [5.41, 5.74) is 1.31. The highest BCUT2D eigenvalue weighted by molar-refractivity contribution is 6.07. The Morgan fingerprint density at radius 2 is 2.05 bits per heavy atom. The minimum absolute atomic E-state index is 0.275. The molecule has 0 spiro atoms. The summed E-state index contributed by atoms with van der Waals surface area (Å²) in [5.74, 6) is -0.391. The molecule has 2 aromatic rings. The lowest BCUT2D eigenvalue weighted by molar-refractivity contribution is 0.102. The van der Waals surface area contributed by atoms with Crippen molar-refractivity contribution in [3.05, 3.63) is 54.0 Å². The number of rotatable bonds is 5. The van der Waals surface area contributed by atoms with Crippen molar-refractivity contribution in [2.24, 2.45) is 0 Å². The molecule has 1 aromatic carbocycles. The summed E-state index contributed by atoms with van der Waals surface area (Å²) < 4.78 is 12.8. The van der Waals surface area contributed by atoms with Crippen LogP contribution >= 0.6 is 0 Å². The summed E-state index contributed by atoms with van der Waals surface area (Å²) in [6.45, 7) is 2.84. The first kappa shape index (κ1) is 14.0. The number of anilines is 2. The molecule has 0 saturated carbocycles. The van der Waals surface area contributed by atoms with Crippen LogP contribution in [-0.2, 0) is 0 Å². The monoisotopic (exact) mass is 273 g/mol. The number of hydrogen-bond acceptors (Lipinski definition) is 3. The van der Waals surface area contributed by atoms with Crippen LogP contribution in [0, 0.1) is 5.82 Å². The van der Waals surface area contributed by atoms with Crippen LogP contribution in [-0.4, -0.2) is 17.4 Å². The topological polar surface area (TPSA) is 54.0 Å². The average Bonchev–Trinajstić information content (AvgIpc) is 2.47. The van der Waals surface area contributed by atoms with Gasteiger partial charge in [-0.05, 0) is 30.7 Å². The molecule has 0 aliphatic heterocycles. The molecule has 0 saturated heterocycles. The fourth-order valence-electron chi connectivity index (χ4n) is 1.73. The number of nitrogens with zero attached hydrogens (tertiary/aromatic N) is 1. The number of benzene rings is 1. The molecule has 5 heteroatoms. The van der Waals surface area contributed by atoms with Gasteiger partial charge in [0, 0.05) is 12.2 Å². The van der Waals surface area contributed by atoms with Gasteiger partial charge < -0.3 is 10.6 Å². The molecule has 0 aliphatic carbocycles. The van der Waals surface area contributed by atoms with Crippen LogP contribution in [0.3, 0.4) is 0 Å². The van der Waals surface area contributed by atoms with Crippen molar-refractivity contribution in [1.29, 1.82) is 0 Å². The van der Waals surface area contributed by atoms with Crippen LogP contribution in [0.25, 0.3) is 0 Å². The molecule has 20 heavy (non-hydrogen) atoms. The fourth-order valence-corrected chi connectivity index (χ4v) is 1.73. The summed E-state index contributed by atoms with van der Waals surface area (Å²) in [7, 11) is 0. The van der Waals surface area contributed by atoms with E-state index >= 15 is 0 Å². The van der Waals surface area contributed by atoms with E-state index in [1.165, 1.54) is 12.1 Å². The summed E-state index contributed by atoms with van der Waals surface area (Å²) in [5, 5.41) is 5.84. The molecule has 4 nitrogen and oxygen atoms in total. The minimum Gasteiger partial charge on any atom is -0.384 e. The fraction of sp³-hybridized carbons (Fsp3) is 0.200. The Labute approximate surface area is 117 Å². The second-order valence-corrected chi connectivity index (χ2v) is 4.29. The molecule has 0 radical (unpaired) electrons. The summed E-state index contributed by atoms with van der Waals surface area (Å²) in [4.78, 5) is 16.0. The normalized spacial score (nSPS) is 10.1. The van der Waals surface area contributed by atoms with Gasteiger partial charge in [0.15, 0.2) is 0 Å². The Hall–Kier alpha value is -2.43. The molecule has 0 unspecified atom stereocenters. The van der Waals surface area contributed by atoms with E-state index in [0.717, 1.165) is 24.8 Å². The van der Waals surface area contributed by atoms with Crippen molar-refractivity contribution in [1.82, 2.24) is 4.98 Å². The van der Waals surface area contributed by atoms with Gasteiger partial charge in [-0.15, -0.1) is 0 Å². The number of carbonyl (C=O) groups excluding carboxylic acids is 1. The lowest BCUT2D eigenvalue weighted by Crippen LogP contribution is -2.15. The van der Waals surface area contributed by atoms with E-state index in [1.54, 1.807) is 12.1 Å². The van der Waals surface area contributed by atoms with E-state index in [4.69, 9.17) is 0 Å². The SMILES string of the molecule is CCCNc1ccccc1C(=O)Nc1ccc(F)cn1. The zero-order valence-corrected chi connectivity index (χ0v) is 11.2. The number of aromatic nitrogens is 1. The molecule has 0 bridgehead atoms. The Bertz CT molecular complexity index is 584. The number of amides is 1. The molecule has 104 valence electrons. The van der Waals surface area contributed by atoms with Crippen molar-refractivity contribution < 1.29 is 9.18 Å². The third-order valence-corrected chi connectivity index (χ3v) is 2.71. The molecular weight excluding hydrogens is 257 g/mol. The second-order valence-electron chi connectivity index (χ2n) is 4.29. The van der Waals surface area contributed by atoms with Gasteiger partial charge in [0.1, 0.15) is 11.6 Å². The van der Waals surface area contributed by atoms with Crippen molar-refractivity contribution >= 4 is 17.4 Å². The molecule has 1 aromatic heterocycles. The molecule has 1 heterocycles. The van der Waals surface area contributed by atoms with Gasteiger partial charge in [0.25, 0.3) is 5.91 Å².